The summed E-state index contributed by atoms with van der Waals surface area (Å²) >= 11 is 8.53. The minimum Gasteiger partial charge on any atom is -0.484 e. The van der Waals surface area contributed by atoms with Crippen molar-refractivity contribution in [3.8, 4) is 17.2 Å². The second-order valence-electron chi connectivity index (χ2n) is 6.17. The standard InChI is InChI=1S/C21H15BrN4O3S/c22-14-5-9-16(10-6-14)28-12-18(27)25-21(30)24-15-7-3-13(4-8-15)20-26-19-17(29-20)2-1-11-23-19/h1-11H,12H2,(H2,24,25,27,30). The number of hydrogen-bond acceptors (Lipinski definition) is 6. The molecule has 0 aliphatic carbocycles. The van der Waals surface area contributed by atoms with E-state index in [1.165, 1.54) is 0 Å². The summed E-state index contributed by atoms with van der Waals surface area (Å²) < 4.78 is 12.1. The van der Waals surface area contributed by atoms with Gasteiger partial charge in [-0.25, -0.2) is 4.98 Å². The smallest absolute Gasteiger partial charge is 0.264 e. The molecule has 0 atom stereocenters. The number of ether oxygens (including phenoxy) is 1. The minimum absolute atomic E-state index is 0.145. The van der Waals surface area contributed by atoms with E-state index in [1.54, 1.807) is 24.4 Å². The summed E-state index contributed by atoms with van der Waals surface area (Å²) in [5, 5.41) is 5.72. The van der Waals surface area contributed by atoms with E-state index < -0.39 is 0 Å². The second kappa shape index (κ2) is 9.02. The molecule has 2 aromatic heterocycles. The number of fused-ring (bicyclic) bond motifs is 1. The SMILES string of the molecule is O=C(COc1ccc(Br)cc1)NC(=S)Nc1ccc(-c2nc3ncccc3o2)cc1. The van der Waals surface area contributed by atoms with Crippen molar-refractivity contribution < 1.29 is 13.9 Å². The van der Waals surface area contributed by atoms with Crippen LogP contribution in [0.4, 0.5) is 5.69 Å². The van der Waals surface area contributed by atoms with Crippen molar-refractivity contribution in [3.63, 3.8) is 0 Å². The van der Waals surface area contributed by atoms with Gasteiger partial charge in [-0.2, -0.15) is 4.98 Å². The summed E-state index contributed by atoms with van der Waals surface area (Å²) in [5.74, 6) is 0.722. The molecular weight excluding hydrogens is 468 g/mol. The Balaban J connectivity index is 1.30. The van der Waals surface area contributed by atoms with Crippen LogP contribution >= 0.6 is 28.1 Å². The molecule has 0 saturated carbocycles. The van der Waals surface area contributed by atoms with E-state index in [-0.39, 0.29) is 17.6 Å². The molecule has 1 amide bonds. The van der Waals surface area contributed by atoms with E-state index in [2.05, 4.69) is 36.5 Å². The molecule has 2 aromatic carbocycles. The molecule has 4 aromatic rings. The first-order valence-electron chi connectivity index (χ1n) is 8.88. The quantitative estimate of drug-likeness (QED) is 0.403. The zero-order chi connectivity index (χ0) is 20.9. The maximum absolute atomic E-state index is 12.0. The lowest BCUT2D eigenvalue weighted by Crippen LogP contribution is -2.37. The zero-order valence-corrected chi connectivity index (χ0v) is 17.9. The van der Waals surface area contributed by atoms with Crippen LogP contribution < -0.4 is 15.4 Å². The van der Waals surface area contributed by atoms with Gasteiger partial charge in [0, 0.05) is 21.9 Å². The van der Waals surface area contributed by atoms with Crippen LogP contribution in [0.1, 0.15) is 0 Å². The molecule has 9 heteroatoms. The fourth-order valence-corrected chi connectivity index (χ4v) is 3.09. The Hall–Kier alpha value is -3.30. The van der Waals surface area contributed by atoms with Crippen molar-refractivity contribution in [2.24, 2.45) is 0 Å². The van der Waals surface area contributed by atoms with Crippen molar-refractivity contribution in [2.45, 2.75) is 0 Å². The third-order valence-corrected chi connectivity index (χ3v) is 4.72. The maximum atomic E-state index is 12.0. The number of anilines is 1. The number of carbonyl (C=O) groups excluding carboxylic acids is 1. The van der Waals surface area contributed by atoms with Crippen molar-refractivity contribution in [1.29, 1.82) is 0 Å². The summed E-state index contributed by atoms with van der Waals surface area (Å²) in [7, 11) is 0. The maximum Gasteiger partial charge on any atom is 0.264 e. The van der Waals surface area contributed by atoms with Gasteiger partial charge in [-0.15, -0.1) is 0 Å². The average molecular weight is 483 g/mol. The second-order valence-corrected chi connectivity index (χ2v) is 7.49. The molecule has 2 heterocycles. The van der Waals surface area contributed by atoms with Gasteiger partial charge in [-0.05, 0) is 72.9 Å². The Kier molecular flexibility index (Phi) is 6.01. The fraction of sp³-hybridized carbons (Fsp3) is 0.0476. The Morgan fingerprint density at radius 2 is 1.87 bits per heavy atom. The highest BCUT2D eigenvalue weighted by molar-refractivity contribution is 9.10. The lowest BCUT2D eigenvalue weighted by molar-refractivity contribution is -0.121. The molecule has 7 nitrogen and oxygen atoms in total. The fourth-order valence-electron chi connectivity index (χ4n) is 2.59. The van der Waals surface area contributed by atoms with Crippen molar-refractivity contribution in [1.82, 2.24) is 15.3 Å². The Morgan fingerprint density at radius 1 is 1.10 bits per heavy atom. The summed E-state index contributed by atoms with van der Waals surface area (Å²) in [6, 6.07) is 18.1. The Bertz CT molecular complexity index is 1160. The van der Waals surface area contributed by atoms with Crippen molar-refractivity contribution in [3.05, 3.63) is 71.3 Å². The highest BCUT2D eigenvalue weighted by Crippen LogP contribution is 2.24. The van der Waals surface area contributed by atoms with Crippen LogP contribution in [-0.2, 0) is 4.79 Å². The van der Waals surface area contributed by atoms with E-state index >= 15 is 0 Å². The molecule has 0 radical (unpaired) electrons. The topological polar surface area (TPSA) is 89.3 Å². The molecular formula is C21H15BrN4O3S. The number of pyridine rings is 1. The lowest BCUT2D eigenvalue weighted by atomic mass is 10.2. The molecule has 150 valence electrons. The molecule has 0 aliphatic rings. The zero-order valence-electron chi connectivity index (χ0n) is 15.5. The minimum atomic E-state index is -0.356. The summed E-state index contributed by atoms with van der Waals surface area (Å²) in [6.07, 6.45) is 1.67. The number of nitrogens with one attached hydrogen (secondary N) is 2. The van der Waals surface area contributed by atoms with E-state index in [0.29, 0.717) is 28.6 Å². The van der Waals surface area contributed by atoms with E-state index in [0.717, 1.165) is 10.0 Å². The molecule has 0 unspecified atom stereocenters. The third-order valence-electron chi connectivity index (χ3n) is 3.99. The predicted octanol–water partition coefficient (Wildman–Crippen LogP) is 4.54. The van der Waals surface area contributed by atoms with Gasteiger partial charge in [0.2, 0.25) is 5.89 Å². The Labute approximate surface area is 185 Å². The number of hydrogen-bond donors (Lipinski definition) is 2. The first-order chi connectivity index (χ1) is 14.6. The van der Waals surface area contributed by atoms with Gasteiger partial charge in [0.15, 0.2) is 22.9 Å². The van der Waals surface area contributed by atoms with Crippen LogP contribution in [0.5, 0.6) is 5.75 Å². The number of thiocarbonyl (C=S) groups is 1. The van der Waals surface area contributed by atoms with E-state index in [4.69, 9.17) is 21.4 Å². The van der Waals surface area contributed by atoms with E-state index in [1.807, 2.05) is 42.5 Å². The molecule has 2 N–H and O–H groups in total. The number of halogens is 1. The molecule has 0 fully saturated rings. The number of benzene rings is 2. The molecule has 30 heavy (non-hydrogen) atoms. The van der Waals surface area contributed by atoms with Crippen molar-refractivity contribution in [2.75, 3.05) is 11.9 Å². The number of amides is 1. The summed E-state index contributed by atoms with van der Waals surface area (Å²) in [4.78, 5) is 20.5. The molecule has 0 spiro atoms. The van der Waals surface area contributed by atoms with Crippen LogP contribution in [0.3, 0.4) is 0 Å². The average Bonchev–Trinajstić information content (AvgIpc) is 3.18. The van der Waals surface area contributed by atoms with Crippen LogP contribution in [0, 0.1) is 0 Å². The van der Waals surface area contributed by atoms with Gasteiger partial charge in [0.05, 0.1) is 0 Å². The highest BCUT2D eigenvalue weighted by Gasteiger charge is 2.10. The van der Waals surface area contributed by atoms with Crippen molar-refractivity contribution >= 4 is 56.1 Å². The summed E-state index contributed by atoms with van der Waals surface area (Å²) in [5.41, 5.74) is 2.71. The first kappa shape index (κ1) is 20.0. The molecule has 4 rings (SSSR count). The molecule has 0 saturated heterocycles. The first-order valence-corrected chi connectivity index (χ1v) is 10.1. The molecule has 0 aliphatic heterocycles. The number of carbonyl (C=O) groups is 1. The van der Waals surface area contributed by atoms with Crippen LogP contribution in [0.25, 0.3) is 22.7 Å². The van der Waals surface area contributed by atoms with E-state index in [9.17, 15) is 4.79 Å². The Morgan fingerprint density at radius 3 is 2.60 bits per heavy atom. The normalized spacial score (nSPS) is 10.6. The number of oxazole rings is 1. The predicted molar refractivity (Wildman–Crippen MR) is 121 cm³/mol. The lowest BCUT2D eigenvalue weighted by Gasteiger charge is -2.10. The largest absolute Gasteiger partial charge is 0.484 e. The monoisotopic (exact) mass is 482 g/mol. The van der Waals surface area contributed by atoms with Crippen LogP contribution in [0.15, 0.2) is 75.8 Å². The highest BCUT2D eigenvalue weighted by atomic mass is 79.9. The number of nitrogens with zero attached hydrogens (tertiary/aromatic N) is 2. The van der Waals surface area contributed by atoms with Gasteiger partial charge in [0.25, 0.3) is 5.91 Å². The number of rotatable bonds is 5. The van der Waals surface area contributed by atoms with Gasteiger partial charge in [-0.1, -0.05) is 15.9 Å². The number of aromatic nitrogens is 2. The van der Waals surface area contributed by atoms with Gasteiger partial charge in [0.1, 0.15) is 5.75 Å². The van der Waals surface area contributed by atoms with Gasteiger partial charge in [-0.3, -0.25) is 10.1 Å². The third kappa shape index (κ3) is 5.00. The molecule has 0 bridgehead atoms. The van der Waals surface area contributed by atoms with Gasteiger partial charge < -0.3 is 14.5 Å². The van der Waals surface area contributed by atoms with Crippen LogP contribution in [0.2, 0.25) is 0 Å². The van der Waals surface area contributed by atoms with Gasteiger partial charge >= 0.3 is 0 Å². The summed E-state index contributed by atoms with van der Waals surface area (Å²) in [6.45, 7) is -0.145. The van der Waals surface area contributed by atoms with Crippen LogP contribution in [-0.4, -0.2) is 27.6 Å².